The number of aromatic nitrogens is 2. The van der Waals surface area contributed by atoms with E-state index >= 15 is 0 Å². The van der Waals surface area contributed by atoms with Gasteiger partial charge in [0.1, 0.15) is 11.5 Å². The van der Waals surface area contributed by atoms with E-state index in [2.05, 4.69) is 10.4 Å². The molecule has 2 aromatic carbocycles. The molecule has 1 aliphatic rings. The lowest BCUT2D eigenvalue weighted by Crippen LogP contribution is -2.36. The predicted molar refractivity (Wildman–Crippen MR) is 136 cm³/mol. The van der Waals surface area contributed by atoms with E-state index in [1.54, 1.807) is 18.9 Å². The van der Waals surface area contributed by atoms with Gasteiger partial charge in [0.2, 0.25) is 0 Å². The third kappa shape index (κ3) is 5.27. The molecule has 194 valence electrons. The molecule has 3 aromatic rings. The van der Waals surface area contributed by atoms with Crippen molar-refractivity contribution in [3.63, 3.8) is 0 Å². The Morgan fingerprint density at radius 3 is 2.00 bits per heavy atom. The lowest BCUT2D eigenvalue weighted by molar-refractivity contribution is 0.147. The van der Waals surface area contributed by atoms with Gasteiger partial charge in [0.05, 0.1) is 32.1 Å². The Morgan fingerprint density at radius 2 is 1.53 bits per heavy atom. The van der Waals surface area contributed by atoms with Crippen molar-refractivity contribution in [2.75, 3.05) is 27.4 Å². The maximum atomic E-state index is 14.2. The second kappa shape index (κ2) is 10.6. The highest BCUT2D eigenvalue weighted by atomic mass is 32.2. The quantitative estimate of drug-likeness (QED) is 0.429. The summed E-state index contributed by atoms with van der Waals surface area (Å²) in [6.07, 6.45) is 0.546. The van der Waals surface area contributed by atoms with Crippen LogP contribution < -0.4 is 14.8 Å². The van der Waals surface area contributed by atoms with Crippen LogP contribution in [0.3, 0.4) is 0 Å². The smallest absolute Gasteiger partial charge is 0.263 e. The third-order valence-corrected chi connectivity index (χ3v) is 8.23. The SMILES string of the molecule is COc1ccc(CN(Cc2ccc(OC)cc2)S(=O)(=O)c2nn(C(C)(C)CO)c3c2CCNC3)cc1. The average molecular weight is 515 g/mol. The molecular weight excluding hydrogens is 480 g/mol. The minimum Gasteiger partial charge on any atom is -0.497 e. The van der Waals surface area contributed by atoms with E-state index in [9.17, 15) is 13.5 Å². The van der Waals surface area contributed by atoms with Crippen LogP contribution in [0.25, 0.3) is 0 Å². The predicted octanol–water partition coefficient (Wildman–Crippen LogP) is 2.66. The summed E-state index contributed by atoms with van der Waals surface area (Å²) in [5, 5.41) is 18.0. The number of aliphatic hydroxyl groups excluding tert-OH is 1. The zero-order valence-corrected chi connectivity index (χ0v) is 22.0. The van der Waals surface area contributed by atoms with Crippen molar-refractivity contribution in [3.8, 4) is 11.5 Å². The number of sulfonamides is 1. The Bertz CT molecular complexity index is 1240. The highest BCUT2D eigenvalue weighted by Gasteiger charge is 2.36. The standard InChI is InChI=1S/C26H34N4O5S/c1-26(2,18-31)30-24-15-27-14-13-23(24)25(28-30)36(32,33)29(16-19-5-9-21(34-3)10-6-19)17-20-7-11-22(35-4)12-8-20/h5-12,27,31H,13-18H2,1-4H3. The average Bonchev–Trinajstić information content (AvgIpc) is 3.31. The highest BCUT2D eigenvalue weighted by Crippen LogP contribution is 2.31. The third-order valence-electron chi connectivity index (χ3n) is 6.48. The molecule has 4 rings (SSSR count). The van der Waals surface area contributed by atoms with Gasteiger partial charge in [-0.05, 0) is 62.2 Å². The summed E-state index contributed by atoms with van der Waals surface area (Å²) in [6.45, 7) is 5.02. The number of nitrogens with one attached hydrogen (secondary N) is 1. The fourth-order valence-corrected chi connectivity index (χ4v) is 5.91. The first-order chi connectivity index (χ1) is 17.2. The minimum atomic E-state index is -3.99. The van der Waals surface area contributed by atoms with Gasteiger partial charge in [0.15, 0.2) is 5.03 Å². The molecule has 0 aliphatic carbocycles. The van der Waals surface area contributed by atoms with Crippen molar-refractivity contribution >= 4 is 10.0 Å². The van der Waals surface area contributed by atoms with Crippen molar-refractivity contribution in [2.45, 2.75) is 50.5 Å². The first kappa shape index (κ1) is 26.2. The lowest BCUT2D eigenvalue weighted by Gasteiger charge is -2.26. The molecule has 0 radical (unpaired) electrons. The maximum absolute atomic E-state index is 14.2. The highest BCUT2D eigenvalue weighted by molar-refractivity contribution is 7.89. The second-order valence-corrected chi connectivity index (χ2v) is 11.4. The molecule has 2 N–H and O–H groups in total. The van der Waals surface area contributed by atoms with E-state index in [4.69, 9.17) is 9.47 Å². The summed E-state index contributed by atoms with van der Waals surface area (Å²) < 4.78 is 42.0. The fraction of sp³-hybridized carbons (Fsp3) is 0.423. The van der Waals surface area contributed by atoms with Crippen molar-refractivity contribution in [1.29, 1.82) is 0 Å². The number of hydrogen-bond acceptors (Lipinski definition) is 7. The van der Waals surface area contributed by atoms with Crippen molar-refractivity contribution in [1.82, 2.24) is 19.4 Å². The van der Waals surface area contributed by atoms with Gasteiger partial charge in [-0.3, -0.25) is 4.68 Å². The van der Waals surface area contributed by atoms with E-state index < -0.39 is 15.6 Å². The van der Waals surface area contributed by atoms with E-state index in [-0.39, 0.29) is 24.7 Å². The van der Waals surface area contributed by atoms with Crippen LogP contribution in [0.1, 0.15) is 36.2 Å². The van der Waals surface area contributed by atoms with E-state index in [1.807, 2.05) is 62.4 Å². The number of benzene rings is 2. The molecule has 0 amide bonds. The van der Waals surface area contributed by atoms with Gasteiger partial charge < -0.3 is 19.9 Å². The summed E-state index contributed by atoms with van der Waals surface area (Å²) in [7, 11) is -0.799. The van der Waals surface area contributed by atoms with E-state index in [0.717, 1.165) is 16.8 Å². The van der Waals surface area contributed by atoms with Gasteiger partial charge in [0, 0.05) is 25.2 Å². The number of fused-ring (bicyclic) bond motifs is 1. The molecule has 0 atom stereocenters. The first-order valence-electron chi connectivity index (χ1n) is 11.9. The van der Waals surface area contributed by atoms with Crippen LogP contribution in [0.4, 0.5) is 0 Å². The number of ether oxygens (including phenoxy) is 2. The summed E-state index contributed by atoms with van der Waals surface area (Å²) in [5.74, 6) is 1.41. The fourth-order valence-electron chi connectivity index (χ4n) is 4.31. The van der Waals surface area contributed by atoms with Crippen LogP contribution in [0, 0.1) is 0 Å². The zero-order chi connectivity index (χ0) is 25.9. The molecular formula is C26H34N4O5S. The largest absolute Gasteiger partial charge is 0.497 e. The van der Waals surface area contributed by atoms with Crippen molar-refractivity contribution < 1.29 is 23.0 Å². The second-order valence-electron chi connectivity index (χ2n) is 9.51. The Morgan fingerprint density at radius 1 is 1.00 bits per heavy atom. The number of nitrogens with zero attached hydrogens (tertiary/aromatic N) is 3. The Hall–Kier alpha value is -2.92. The summed E-state index contributed by atoms with van der Waals surface area (Å²) in [4.78, 5) is 0. The van der Waals surface area contributed by atoms with Crippen LogP contribution in [0.15, 0.2) is 53.6 Å². The topological polar surface area (TPSA) is 106 Å². The van der Waals surface area contributed by atoms with Gasteiger partial charge in [-0.2, -0.15) is 9.40 Å². The molecule has 0 spiro atoms. The number of hydrogen-bond donors (Lipinski definition) is 2. The van der Waals surface area contributed by atoms with Crippen LogP contribution >= 0.6 is 0 Å². The van der Waals surface area contributed by atoms with E-state index in [0.29, 0.717) is 36.6 Å². The van der Waals surface area contributed by atoms with Crippen molar-refractivity contribution in [2.24, 2.45) is 0 Å². The molecule has 0 saturated carbocycles. The Kier molecular flexibility index (Phi) is 7.70. The lowest BCUT2D eigenvalue weighted by atomic mass is 10.0. The minimum absolute atomic E-state index is 0.0579. The van der Waals surface area contributed by atoms with Gasteiger partial charge >= 0.3 is 0 Å². The number of aliphatic hydroxyl groups is 1. The summed E-state index contributed by atoms with van der Waals surface area (Å²) in [5.41, 5.74) is 2.43. The first-order valence-corrected chi connectivity index (χ1v) is 13.3. The van der Waals surface area contributed by atoms with Crippen LogP contribution in [-0.2, 0) is 41.6 Å². The summed E-state index contributed by atoms with van der Waals surface area (Å²) in [6, 6.07) is 14.7. The molecule has 9 nitrogen and oxygen atoms in total. The molecule has 0 fully saturated rings. The molecule has 10 heteroatoms. The molecule has 0 bridgehead atoms. The van der Waals surface area contributed by atoms with Gasteiger partial charge in [-0.15, -0.1) is 0 Å². The van der Waals surface area contributed by atoms with Gasteiger partial charge in [-0.1, -0.05) is 24.3 Å². The van der Waals surface area contributed by atoms with Gasteiger partial charge in [-0.25, -0.2) is 8.42 Å². The molecule has 36 heavy (non-hydrogen) atoms. The zero-order valence-electron chi connectivity index (χ0n) is 21.2. The summed E-state index contributed by atoms with van der Waals surface area (Å²) >= 11 is 0. The number of rotatable bonds is 10. The normalized spacial score (nSPS) is 14.1. The van der Waals surface area contributed by atoms with E-state index in [1.165, 1.54) is 4.31 Å². The Balaban J connectivity index is 1.77. The van der Waals surface area contributed by atoms with Crippen LogP contribution in [0.5, 0.6) is 11.5 Å². The molecule has 0 unspecified atom stereocenters. The maximum Gasteiger partial charge on any atom is 0.263 e. The molecule has 2 heterocycles. The Labute approximate surface area is 212 Å². The van der Waals surface area contributed by atoms with Gasteiger partial charge in [0.25, 0.3) is 10.0 Å². The molecule has 0 saturated heterocycles. The monoisotopic (exact) mass is 514 g/mol. The molecule has 1 aromatic heterocycles. The molecule has 1 aliphatic heterocycles. The van der Waals surface area contributed by atoms with Crippen LogP contribution in [-0.4, -0.2) is 55.0 Å². The van der Waals surface area contributed by atoms with Crippen molar-refractivity contribution in [3.05, 3.63) is 70.9 Å². The number of methoxy groups -OCH3 is 2. The van der Waals surface area contributed by atoms with Crippen LogP contribution in [0.2, 0.25) is 0 Å².